The van der Waals surface area contributed by atoms with Crippen LogP contribution in [0.1, 0.15) is 52.4 Å². The van der Waals surface area contributed by atoms with E-state index >= 15 is 0 Å². The van der Waals surface area contributed by atoms with Crippen LogP contribution >= 0.6 is 24.0 Å². The molecule has 148 valence electrons. The molecular formula is C18H36IN3O3. The molecule has 6 nitrogen and oxygen atoms in total. The van der Waals surface area contributed by atoms with E-state index in [9.17, 15) is 4.79 Å². The van der Waals surface area contributed by atoms with Crippen molar-refractivity contribution < 1.29 is 14.3 Å². The lowest BCUT2D eigenvalue weighted by molar-refractivity contribution is -0.143. The third-order valence-corrected chi connectivity index (χ3v) is 4.11. The van der Waals surface area contributed by atoms with E-state index in [0.29, 0.717) is 18.9 Å². The Balaban J connectivity index is 0.00000576. The molecule has 7 heteroatoms. The highest BCUT2D eigenvalue weighted by molar-refractivity contribution is 14.0. The molecular weight excluding hydrogens is 433 g/mol. The van der Waals surface area contributed by atoms with E-state index in [1.54, 1.807) is 0 Å². The molecule has 1 aliphatic rings. The average Bonchev–Trinajstić information content (AvgIpc) is 3.06. The molecule has 1 N–H and O–H groups in total. The van der Waals surface area contributed by atoms with E-state index in [2.05, 4.69) is 24.2 Å². The van der Waals surface area contributed by atoms with Crippen molar-refractivity contribution in [1.82, 2.24) is 10.2 Å². The minimum Gasteiger partial charge on any atom is -0.466 e. The molecule has 0 aromatic rings. The van der Waals surface area contributed by atoms with Crippen LogP contribution in [-0.2, 0) is 14.3 Å². The second-order valence-electron chi connectivity index (χ2n) is 6.32. The standard InChI is InChI=1S/C18H35N3O3.HI/c1-4-19-18(21(3)14-16-11-13-23-15-16)20-12-9-7-6-8-10-17(22)24-5-2;/h16H,4-15H2,1-3H3,(H,19,20);1H. The monoisotopic (exact) mass is 469 g/mol. The van der Waals surface area contributed by atoms with Crippen molar-refractivity contribution in [3.05, 3.63) is 0 Å². The van der Waals surface area contributed by atoms with Crippen molar-refractivity contribution in [1.29, 1.82) is 0 Å². The van der Waals surface area contributed by atoms with Gasteiger partial charge in [-0.25, -0.2) is 0 Å². The maximum absolute atomic E-state index is 11.2. The molecule has 1 atom stereocenters. The minimum atomic E-state index is -0.0810. The molecule has 1 saturated heterocycles. The highest BCUT2D eigenvalue weighted by Crippen LogP contribution is 2.13. The maximum Gasteiger partial charge on any atom is 0.305 e. The van der Waals surface area contributed by atoms with E-state index in [1.807, 2.05) is 6.92 Å². The lowest BCUT2D eigenvalue weighted by Gasteiger charge is -2.24. The van der Waals surface area contributed by atoms with Gasteiger partial charge in [0.15, 0.2) is 5.96 Å². The topological polar surface area (TPSA) is 63.2 Å². The molecule has 1 rings (SSSR count). The maximum atomic E-state index is 11.2. The van der Waals surface area contributed by atoms with Gasteiger partial charge in [-0.05, 0) is 33.1 Å². The predicted molar refractivity (Wildman–Crippen MR) is 113 cm³/mol. The van der Waals surface area contributed by atoms with Gasteiger partial charge >= 0.3 is 5.97 Å². The summed E-state index contributed by atoms with van der Waals surface area (Å²) in [7, 11) is 2.10. The van der Waals surface area contributed by atoms with Gasteiger partial charge in [0.2, 0.25) is 0 Å². The Bertz CT molecular complexity index is 375. The summed E-state index contributed by atoms with van der Waals surface area (Å²) < 4.78 is 10.4. The van der Waals surface area contributed by atoms with Crippen LogP contribution in [0.3, 0.4) is 0 Å². The first-order valence-corrected chi connectivity index (χ1v) is 9.40. The van der Waals surface area contributed by atoms with E-state index in [4.69, 9.17) is 14.5 Å². The Kier molecular flexibility index (Phi) is 15.3. The number of aliphatic imine (C=N–C) groups is 1. The number of ether oxygens (including phenoxy) is 2. The molecule has 0 saturated carbocycles. The van der Waals surface area contributed by atoms with Crippen LogP contribution < -0.4 is 5.32 Å². The summed E-state index contributed by atoms with van der Waals surface area (Å²) in [5.74, 6) is 1.51. The number of halogens is 1. The molecule has 0 aliphatic carbocycles. The van der Waals surface area contributed by atoms with Crippen LogP contribution in [-0.4, -0.2) is 63.3 Å². The first-order valence-electron chi connectivity index (χ1n) is 9.40. The molecule has 1 heterocycles. The summed E-state index contributed by atoms with van der Waals surface area (Å²) in [4.78, 5) is 18.2. The van der Waals surface area contributed by atoms with Crippen LogP contribution in [0.25, 0.3) is 0 Å². The fourth-order valence-electron chi connectivity index (χ4n) is 2.82. The van der Waals surface area contributed by atoms with Crippen molar-refractivity contribution in [3.63, 3.8) is 0 Å². The molecule has 0 amide bonds. The summed E-state index contributed by atoms with van der Waals surface area (Å²) in [6, 6.07) is 0. The Hall–Kier alpha value is -0.570. The number of nitrogens with zero attached hydrogens (tertiary/aromatic N) is 2. The molecule has 1 aliphatic heterocycles. The summed E-state index contributed by atoms with van der Waals surface area (Å²) in [5.41, 5.74) is 0. The summed E-state index contributed by atoms with van der Waals surface area (Å²) in [5, 5.41) is 3.36. The molecule has 0 bridgehead atoms. The lowest BCUT2D eigenvalue weighted by Crippen LogP contribution is -2.41. The third kappa shape index (κ3) is 11.6. The molecule has 1 unspecified atom stereocenters. The zero-order valence-corrected chi connectivity index (χ0v) is 18.4. The summed E-state index contributed by atoms with van der Waals surface area (Å²) >= 11 is 0. The quantitative estimate of drug-likeness (QED) is 0.166. The Morgan fingerprint density at radius 1 is 1.28 bits per heavy atom. The van der Waals surface area contributed by atoms with Crippen LogP contribution in [0.5, 0.6) is 0 Å². The highest BCUT2D eigenvalue weighted by atomic mass is 127. The number of unbranched alkanes of at least 4 members (excludes halogenated alkanes) is 3. The molecule has 0 aromatic carbocycles. The van der Waals surface area contributed by atoms with Crippen molar-refractivity contribution in [2.45, 2.75) is 52.4 Å². The number of carbonyl (C=O) groups excluding carboxylic acids is 1. The second kappa shape index (κ2) is 15.7. The molecule has 0 spiro atoms. The van der Waals surface area contributed by atoms with Gasteiger partial charge in [-0.2, -0.15) is 0 Å². The number of hydrogen-bond acceptors (Lipinski definition) is 4. The van der Waals surface area contributed by atoms with Crippen LogP contribution in [0.15, 0.2) is 4.99 Å². The fraction of sp³-hybridized carbons (Fsp3) is 0.889. The molecule has 0 aromatic heterocycles. The summed E-state index contributed by atoms with van der Waals surface area (Å²) in [6.07, 6.45) is 5.79. The summed E-state index contributed by atoms with van der Waals surface area (Å²) in [6.45, 7) is 8.86. The van der Waals surface area contributed by atoms with Crippen molar-refractivity contribution in [2.24, 2.45) is 10.9 Å². The normalized spacial score (nSPS) is 17.1. The number of esters is 1. The van der Waals surface area contributed by atoms with Gasteiger partial charge in [-0.3, -0.25) is 9.79 Å². The van der Waals surface area contributed by atoms with E-state index < -0.39 is 0 Å². The number of carbonyl (C=O) groups is 1. The number of nitrogens with one attached hydrogen (secondary N) is 1. The number of guanidine groups is 1. The number of hydrogen-bond donors (Lipinski definition) is 1. The van der Waals surface area contributed by atoms with Crippen LogP contribution in [0, 0.1) is 5.92 Å². The van der Waals surface area contributed by atoms with Gasteiger partial charge in [0.05, 0.1) is 13.2 Å². The lowest BCUT2D eigenvalue weighted by atomic mass is 10.1. The van der Waals surface area contributed by atoms with Gasteiger partial charge in [0.1, 0.15) is 0 Å². The molecule has 0 radical (unpaired) electrons. The van der Waals surface area contributed by atoms with Gasteiger partial charge in [-0.1, -0.05) is 12.8 Å². The minimum absolute atomic E-state index is 0. The second-order valence-corrected chi connectivity index (χ2v) is 6.32. The van der Waals surface area contributed by atoms with Gasteiger partial charge < -0.3 is 19.7 Å². The van der Waals surface area contributed by atoms with Gasteiger partial charge in [0.25, 0.3) is 0 Å². The van der Waals surface area contributed by atoms with E-state index in [-0.39, 0.29) is 29.9 Å². The SMILES string of the molecule is CCNC(=NCCCCCCC(=O)OCC)N(C)CC1CCOC1.I. The van der Waals surface area contributed by atoms with Crippen LogP contribution in [0.2, 0.25) is 0 Å². The van der Waals surface area contributed by atoms with Crippen molar-refractivity contribution in [2.75, 3.05) is 46.5 Å². The zero-order valence-electron chi connectivity index (χ0n) is 16.1. The number of rotatable bonds is 11. The van der Waals surface area contributed by atoms with Crippen LogP contribution in [0.4, 0.5) is 0 Å². The molecule has 25 heavy (non-hydrogen) atoms. The Morgan fingerprint density at radius 2 is 2.04 bits per heavy atom. The first kappa shape index (κ1) is 24.4. The largest absolute Gasteiger partial charge is 0.466 e. The van der Waals surface area contributed by atoms with E-state index in [0.717, 1.165) is 70.9 Å². The fourth-order valence-corrected chi connectivity index (χ4v) is 2.82. The Labute approximate surface area is 170 Å². The first-order chi connectivity index (χ1) is 11.7. The van der Waals surface area contributed by atoms with Crippen molar-refractivity contribution >= 4 is 35.9 Å². The van der Waals surface area contributed by atoms with Gasteiger partial charge in [-0.15, -0.1) is 24.0 Å². The van der Waals surface area contributed by atoms with E-state index in [1.165, 1.54) is 0 Å². The third-order valence-electron chi connectivity index (χ3n) is 4.11. The average molecular weight is 469 g/mol. The predicted octanol–water partition coefficient (Wildman–Crippen LogP) is 3.05. The smallest absolute Gasteiger partial charge is 0.305 e. The highest BCUT2D eigenvalue weighted by Gasteiger charge is 2.18. The Morgan fingerprint density at radius 3 is 2.68 bits per heavy atom. The zero-order chi connectivity index (χ0) is 17.6. The van der Waals surface area contributed by atoms with Gasteiger partial charge in [0, 0.05) is 45.6 Å². The molecule has 1 fully saturated rings. The van der Waals surface area contributed by atoms with Crippen molar-refractivity contribution in [3.8, 4) is 0 Å².